The van der Waals surface area contributed by atoms with Crippen LogP contribution in [0.15, 0.2) is 18.2 Å². The van der Waals surface area contributed by atoms with E-state index in [2.05, 4.69) is 0 Å². The molecule has 1 N–H and O–H groups in total. The van der Waals surface area contributed by atoms with Gasteiger partial charge in [-0.15, -0.1) is 0 Å². The Morgan fingerprint density at radius 3 is 2.27 bits per heavy atom. The first-order chi connectivity index (χ1) is 6.80. The van der Waals surface area contributed by atoms with E-state index < -0.39 is 30.3 Å². The first-order valence-corrected chi connectivity index (χ1v) is 3.99. The summed E-state index contributed by atoms with van der Waals surface area (Å²) >= 11 is 0. The lowest BCUT2D eigenvalue weighted by Gasteiger charge is -2.14. The van der Waals surface area contributed by atoms with Crippen LogP contribution in [0.2, 0.25) is 0 Å². The standard InChI is InChI=1S/C9H7F5O/c10-6-2-1-5(7(11)4-6)3-8(15)9(12,13)14/h1-2,4,8,15H,3H2. The van der Waals surface area contributed by atoms with Gasteiger partial charge in [0.2, 0.25) is 0 Å². The average Bonchev–Trinajstić information content (AvgIpc) is 2.08. The van der Waals surface area contributed by atoms with E-state index in [-0.39, 0.29) is 5.56 Å². The molecule has 1 atom stereocenters. The van der Waals surface area contributed by atoms with Crippen LogP contribution >= 0.6 is 0 Å². The summed E-state index contributed by atoms with van der Waals surface area (Å²) in [5.74, 6) is -1.98. The van der Waals surface area contributed by atoms with Crippen LogP contribution in [0.3, 0.4) is 0 Å². The van der Waals surface area contributed by atoms with Gasteiger partial charge in [0.25, 0.3) is 0 Å². The van der Waals surface area contributed by atoms with Crippen molar-refractivity contribution in [3.8, 4) is 0 Å². The Hall–Kier alpha value is -1.17. The van der Waals surface area contributed by atoms with Crippen LogP contribution in [-0.4, -0.2) is 17.4 Å². The zero-order valence-electron chi connectivity index (χ0n) is 7.35. The molecule has 0 spiro atoms. The third kappa shape index (κ3) is 3.16. The summed E-state index contributed by atoms with van der Waals surface area (Å²) in [4.78, 5) is 0. The summed E-state index contributed by atoms with van der Waals surface area (Å²) in [5.41, 5.74) is -0.374. The van der Waals surface area contributed by atoms with Gasteiger partial charge in [-0.1, -0.05) is 6.07 Å². The van der Waals surface area contributed by atoms with Crippen LogP contribution in [0, 0.1) is 11.6 Å². The number of hydrogen-bond acceptors (Lipinski definition) is 1. The summed E-state index contributed by atoms with van der Waals surface area (Å²) in [6.07, 6.45) is -8.37. The summed E-state index contributed by atoms with van der Waals surface area (Å²) in [5, 5.41) is 8.65. The van der Waals surface area contributed by atoms with Gasteiger partial charge < -0.3 is 5.11 Å². The van der Waals surface area contributed by atoms with Crippen molar-refractivity contribution < 1.29 is 27.1 Å². The molecule has 15 heavy (non-hydrogen) atoms. The minimum absolute atomic E-state index is 0.374. The third-order valence-corrected chi connectivity index (χ3v) is 1.81. The maximum atomic E-state index is 12.9. The van der Waals surface area contributed by atoms with E-state index >= 15 is 0 Å². The van der Waals surface area contributed by atoms with E-state index in [4.69, 9.17) is 5.11 Å². The van der Waals surface area contributed by atoms with Crippen molar-refractivity contribution in [2.45, 2.75) is 18.7 Å². The lowest BCUT2D eigenvalue weighted by molar-refractivity contribution is -0.203. The molecule has 6 heteroatoms. The molecule has 0 radical (unpaired) electrons. The Balaban J connectivity index is 2.82. The number of halogens is 5. The molecule has 0 amide bonds. The molecular weight excluding hydrogens is 219 g/mol. The number of rotatable bonds is 2. The first kappa shape index (κ1) is 11.9. The highest BCUT2D eigenvalue weighted by molar-refractivity contribution is 5.19. The zero-order chi connectivity index (χ0) is 11.6. The molecule has 0 aromatic heterocycles. The molecule has 0 fully saturated rings. The second-order valence-corrected chi connectivity index (χ2v) is 3.00. The van der Waals surface area contributed by atoms with Gasteiger partial charge in [-0.2, -0.15) is 13.2 Å². The van der Waals surface area contributed by atoms with Gasteiger partial charge in [-0.05, 0) is 11.6 Å². The second kappa shape index (κ2) is 4.14. The molecule has 0 saturated heterocycles. The molecule has 1 aromatic rings. The van der Waals surface area contributed by atoms with Crippen LogP contribution in [0.1, 0.15) is 5.56 Å². The van der Waals surface area contributed by atoms with Crippen molar-refractivity contribution in [1.29, 1.82) is 0 Å². The summed E-state index contributed by atoms with van der Waals surface area (Å²) < 4.78 is 61.0. The summed E-state index contributed by atoms with van der Waals surface area (Å²) in [7, 11) is 0. The molecule has 1 aromatic carbocycles. The van der Waals surface area contributed by atoms with E-state index in [0.29, 0.717) is 6.07 Å². The Morgan fingerprint density at radius 1 is 1.20 bits per heavy atom. The van der Waals surface area contributed by atoms with Crippen molar-refractivity contribution in [3.05, 3.63) is 35.4 Å². The largest absolute Gasteiger partial charge is 0.414 e. The minimum atomic E-state index is -4.80. The van der Waals surface area contributed by atoms with Gasteiger partial charge in [0.15, 0.2) is 6.10 Å². The van der Waals surface area contributed by atoms with Gasteiger partial charge >= 0.3 is 6.18 Å². The normalized spacial score (nSPS) is 14.0. The number of aliphatic hydroxyl groups excluding tert-OH is 1. The maximum absolute atomic E-state index is 12.9. The Labute approximate surface area is 82.1 Å². The van der Waals surface area contributed by atoms with E-state index in [1.165, 1.54) is 0 Å². The van der Waals surface area contributed by atoms with Gasteiger partial charge in [0.1, 0.15) is 11.6 Å². The van der Waals surface area contributed by atoms with Crippen LogP contribution in [0.25, 0.3) is 0 Å². The minimum Gasteiger partial charge on any atom is -0.383 e. The average molecular weight is 226 g/mol. The number of alkyl halides is 3. The SMILES string of the molecule is OC(Cc1ccc(F)cc1F)C(F)(F)F. The molecule has 0 aliphatic rings. The van der Waals surface area contributed by atoms with E-state index in [1.54, 1.807) is 0 Å². The fourth-order valence-electron chi connectivity index (χ4n) is 1.01. The number of aliphatic hydroxyl groups is 1. The Morgan fingerprint density at radius 2 is 1.80 bits per heavy atom. The molecule has 84 valence electrons. The molecule has 1 unspecified atom stereocenters. The van der Waals surface area contributed by atoms with Crippen molar-refractivity contribution in [2.75, 3.05) is 0 Å². The van der Waals surface area contributed by atoms with Crippen molar-refractivity contribution in [1.82, 2.24) is 0 Å². The van der Waals surface area contributed by atoms with Crippen LogP contribution < -0.4 is 0 Å². The van der Waals surface area contributed by atoms with Crippen molar-refractivity contribution in [2.24, 2.45) is 0 Å². The molecule has 0 bridgehead atoms. The smallest absolute Gasteiger partial charge is 0.383 e. The molecule has 1 nitrogen and oxygen atoms in total. The van der Waals surface area contributed by atoms with Gasteiger partial charge in [-0.25, -0.2) is 8.78 Å². The first-order valence-electron chi connectivity index (χ1n) is 3.99. The highest BCUT2D eigenvalue weighted by Gasteiger charge is 2.38. The van der Waals surface area contributed by atoms with Gasteiger partial charge in [0.05, 0.1) is 0 Å². The topological polar surface area (TPSA) is 20.2 Å². The highest BCUT2D eigenvalue weighted by atomic mass is 19.4. The summed E-state index contributed by atoms with van der Waals surface area (Å²) in [6, 6.07) is 2.18. The molecule has 0 heterocycles. The second-order valence-electron chi connectivity index (χ2n) is 3.00. The quantitative estimate of drug-likeness (QED) is 0.768. The third-order valence-electron chi connectivity index (χ3n) is 1.81. The molecule has 0 aliphatic carbocycles. The fraction of sp³-hybridized carbons (Fsp3) is 0.333. The van der Waals surface area contributed by atoms with Crippen LogP contribution in [0.5, 0.6) is 0 Å². The zero-order valence-corrected chi connectivity index (χ0v) is 7.35. The molecule has 0 aliphatic heterocycles. The summed E-state index contributed by atoms with van der Waals surface area (Å²) in [6.45, 7) is 0. The Kier molecular flexibility index (Phi) is 3.28. The van der Waals surface area contributed by atoms with Gasteiger partial charge in [-0.3, -0.25) is 0 Å². The van der Waals surface area contributed by atoms with Crippen LogP contribution in [-0.2, 0) is 6.42 Å². The van der Waals surface area contributed by atoms with E-state index in [0.717, 1.165) is 12.1 Å². The highest BCUT2D eigenvalue weighted by Crippen LogP contribution is 2.24. The maximum Gasteiger partial charge on any atom is 0.414 e. The van der Waals surface area contributed by atoms with Crippen LogP contribution in [0.4, 0.5) is 22.0 Å². The van der Waals surface area contributed by atoms with E-state index in [9.17, 15) is 22.0 Å². The van der Waals surface area contributed by atoms with Crippen molar-refractivity contribution in [3.63, 3.8) is 0 Å². The van der Waals surface area contributed by atoms with E-state index in [1.807, 2.05) is 0 Å². The molecular formula is C9H7F5O. The number of benzene rings is 1. The van der Waals surface area contributed by atoms with Crippen molar-refractivity contribution >= 4 is 0 Å². The Bertz CT molecular complexity index is 347. The van der Waals surface area contributed by atoms with Gasteiger partial charge in [0, 0.05) is 12.5 Å². The number of hydrogen-bond donors (Lipinski definition) is 1. The predicted molar refractivity (Wildman–Crippen MR) is 42.1 cm³/mol. The predicted octanol–water partition coefficient (Wildman–Crippen LogP) is 2.43. The molecule has 0 saturated carbocycles. The monoisotopic (exact) mass is 226 g/mol. The fourth-order valence-corrected chi connectivity index (χ4v) is 1.01. The lowest BCUT2D eigenvalue weighted by atomic mass is 10.1. The lowest BCUT2D eigenvalue weighted by Crippen LogP contribution is -2.30. The molecule has 1 rings (SSSR count).